The Balaban J connectivity index is 1.49. The van der Waals surface area contributed by atoms with Crippen molar-refractivity contribution in [2.45, 2.75) is 38.6 Å². The zero-order valence-corrected chi connectivity index (χ0v) is 14.9. The van der Waals surface area contributed by atoms with Gasteiger partial charge in [-0.25, -0.2) is 0 Å². The van der Waals surface area contributed by atoms with Gasteiger partial charge in [0, 0.05) is 18.3 Å². The number of hydrogen-bond acceptors (Lipinski definition) is 4. The number of aryl methyl sites for hydroxylation is 1. The first kappa shape index (κ1) is 16.5. The molecule has 2 aromatic heterocycles. The highest BCUT2D eigenvalue weighted by Crippen LogP contribution is 2.42. The van der Waals surface area contributed by atoms with E-state index in [-0.39, 0.29) is 11.9 Å². The Labute approximate surface area is 152 Å². The second-order valence-corrected chi connectivity index (χ2v) is 6.84. The summed E-state index contributed by atoms with van der Waals surface area (Å²) < 4.78 is 5.38. The van der Waals surface area contributed by atoms with Gasteiger partial charge in [-0.05, 0) is 49.4 Å². The minimum atomic E-state index is -0.116. The van der Waals surface area contributed by atoms with E-state index < -0.39 is 0 Å². The number of rotatable bonds is 5. The van der Waals surface area contributed by atoms with Crippen molar-refractivity contribution in [3.05, 3.63) is 71.4 Å². The van der Waals surface area contributed by atoms with Crippen LogP contribution in [0.25, 0.3) is 11.1 Å². The summed E-state index contributed by atoms with van der Waals surface area (Å²) in [5, 5.41) is 7.05. The summed E-state index contributed by atoms with van der Waals surface area (Å²) in [6.07, 6.45) is 5.74. The lowest BCUT2D eigenvalue weighted by Crippen LogP contribution is -2.27. The van der Waals surface area contributed by atoms with Gasteiger partial charge in [0.2, 0.25) is 0 Å². The lowest BCUT2D eigenvalue weighted by Gasteiger charge is -2.15. The van der Waals surface area contributed by atoms with Gasteiger partial charge >= 0.3 is 0 Å². The van der Waals surface area contributed by atoms with Crippen LogP contribution in [0.2, 0.25) is 0 Å². The molecule has 0 saturated heterocycles. The molecule has 5 heteroatoms. The fraction of sp³-hybridized carbons (Fsp3) is 0.286. The number of hydrogen-bond donors (Lipinski definition) is 1. The van der Waals surface area contributed by atoms with E-state index in [1.807, 2.05) is 44.3 Å². The second kappa shape index (κ2) is 6.75. The summed E-state index contributed by atoms with van der Waals surface area (Å²) in [5.41, 5.74) is 4.49. The number of aromatic nitrogens is 2. The van der Waals surface area contributed by atoms with Crippen molar-refractivity contribution >= 4 is 5.91 Å². The minimum absolute atomic E-state index is 0.105. The van der Waals surface area contributed by atoms with Crippen LogP contribution in [0.15, 0.2) is 53.3 Å². The van der Waals surface area contributed by atoms with Gasteiger partial charge in [-0.3, -0.25) is 9.78 Å². The maximum atomic E-state index is 12.7. The van der Waals surface area contributed by atoms with Crippen molar-refractivity contribution in [1.82, 2.24) is 15.5 Å². The molecule has 4 rings (SSSR count). The smallest absolute Gasteiger partial charge is 0.257 e. The van der Waals surface area contributed by atoms with E-state index in [9.17, 15) is 4.79 Å². The summed E-state index contributed by atoms with van der Waals surface area (Å²) in [6, 6.07) is 12.0. The van der Waals surface area contributed by atoms with Crippen molar-refractivity contribution in [3.8, 4) is 11.1 Å². The Morgan fingerprint density at radius 1 is 1.19 bits per heavy atom. The molecule has 26 heavy (non-hydrogen) atoms. The average molecular weight is 347 g/mol. The predicted octanol–water partition coefficient (Wildman–Crippen LogP) is 4.41. The Morgan fingerprint density at radius 2 is 1.96 bits per heavy atom. The largest absolute Gasteiger partial charge is 0.360 e. The maximum Gasteiger partial charge on any atom is 0.257 e. The van der Waals surface area contributed by atoms with E-state index >= 15 is 0 Å². The summed E-state index contributed by atoms with van der Waals surface area (Å²) in [7, 11) is 0. The highest BCUT2D eigenvalue weighted by atomic mass is 16.5. The molecule has 2 heterocycles. The van der Waals surface area contributed by atoms with Crippen molar-refractivity contribution in [1.29, 1.82) is 0 Å². The molecule has 132 valence electrons. The van der Waals surface area contributed by atoms with E-state index in [1.54, 1.807) is 6.20 Å². The molecule has 1 atom stereocenters. The predicted molar refractivity (Wildman–Crippen MR) is 98.8 cm³/mol. The maximum absolute atomic E-state index is 12.7. The molecule has 0 bridgehead atoms. The molecule has 0 spiro atoms. The molecule has 0 radical (unpaired) electrons. The van der Waals surface area contributed by atoms with Crippen molar-refractivity contribution in [3.63, 3.8) is 0 Å². The van der Waals surface area contributed by atoms with Crippen LogP contribution in [0.1, 0.15) is 59.1 Å². The van der Waals surface area contributed by atoms with Crippen LogP contribution in [0.3, 0.4) is 0 Å². The third kappa shape index (κ3) is 3.25. The molecule has 3 aromatic rings. The molecular weight excluding hydrogens is 326 g/mol. The zero-order valence-electron chi connectivity index (χ0n) is 14.9. The van der Waals surface area contributed by atoms with Gasteiger partial charge in [0.1, 0.15) is 5.56 Å². The van der Waals surface area contributed by atoms with Crippen LogP contribution in [0, 0.1) is 6.92 Å². The van der Waals surface area contributed by atoms with Crippen molar-refractivity contribution in [2.75, 3.05) is 0 Å². The molecule has 1 N–H and O–H groups in total. The molecule has 1 amide bonds. The standard InChI is InChI=1S/C21H21N3O2/c1-13(15-5-7-16(8-6-15)18-4-3-11-22-12-18)23-21(25)19-14(2)24-26-20(19)17-9-10-17/h3-8,11-13,17H,9-10H2,1-2H3,(H,23,25). The second-order valence-electron chi connectivity index (χ2n) is 6.84. The van der Waals surface area contributed by atoms with Crippen molar-refractivity contribution < 1.29 is 9.32 Å². The van der Waals surface area contributed by atoms with Crippen LogP contribution in [0.5, 0.6) is 0 Å². The van der Waals surface area contributed by atoms with Crippen LogP contribution < -0.4 is 5.32 Å². The van der Waals surface area contributed by atoms with Gasteiger partial charge in [0.15, 0.2) is 5.76 Å². The van der Waals surface area contributed by atoms with Crippen LogP contribution in [0.4, 0.5) is 0 Å². The summed E-state index contributed by atoms with van der Waals surface area (Å²) >= 11 is 0. The molecule has 1 unspecified atom stereocenters. The highest BCUT2D eigenvalue weighted by molar-refractivity contribution is 5.96. The molecule has 1 fully saturated rings. The minimum Gasteiger partial charge on any atom is -0.360 e. The van der Waals surface area contributed by atoms with E-state index in [4.69, 9.17) is 4.52 Å². The molecule has 0 aliphatic heterocycles. The Hall–Kier alpha value is -2.95. The first-order valence-electron chi connectivity index (χ1n) is 8.91. The third-order valence-electron chi connectivity index (χ3n) is 4.82. The van der Waals surface area contributed by atoms with Gasteiger partial charge < -0.3 is 9.84 Å². The Morgan fingerprint density at radius 3 is 2.62 bits per heavy atom. The number of benzene rings is 1. The molecule has 5 nitrogen and oxygen atoms in total. The first-order chi connectivity index (χ1) is 12.6. The van der Waals surface area contributed by atoms with Crippen LogP contribution >= 0.6 is 0 Å². The van der Waals surface area contributed by atoms with Gasteiger partial charge in [0.05, 0.1) is 11.7 Å². The van der Waals surface area contributed by atoms with Gasteiger partial charge in [-0.15, -0.1) is 0 Å². The Bertz CT molecular complexity index is 912. The summed E-state index contributed by atoms with van der Waals surface area (Å²) in [5.74, 6) is 0.972. The third-order valence-corrected chi connectivity index (χ3v) is 4.82. The van der Waals surface area contributed by atoms with Crippen molar-refractivity contribution in [2.24, 2.45) is 0 Å². The number of carbonyl (C=O) groups is 1. The topological polar surface area (TPSA) is 68.0 Å². The fourth-order valence-corrected chi connectivity index (χ4v) is 3.14. The number of pyridine rings is 1. The number of nitrogens with zero attached hydrogens (tertiary/aromatic N) is 2. The lowest BCUT2D eigenvalue weighted by atomic mass is 10.0. The zero-order chi connectivity index (χ0) is 18.1. The normalized spacial score (nSPS) is 14.8. The van der Waals surface area contributed by atoms with Gasteiger partial charge in [-0.1, -0.05) is 35.5 Å². The monoisotopic (exact) mass is 347 g/mol. The summed E-state index contributed by atoms with van der Waals surface area (Å²) in [6.45, 7) is 3.80. The van der Waals surface area contributed by atoms with E-state index in [0.717, 1.165) is 35.3 Å². The van der Waals surface area contributed by atoms with E-state index in [0.29, 0.717) is 17.2 Å². The molecular formula is C21H21N3O2. The fourth-order valence-electron chi connectivity index (χ4n) is 3.14. The van der Waals surface area contributed by atoms with E-state index in [2.05, 4.69) is 27.6 Å². The lowest BCUT2D eigenvalue weighted by molar-refractivity contribution is 0.0937. The average Bonchev–Trinajstić information content (AvgIpc) is 3.44. The van der Waals surface area contributed by atoms with Gasteiger partial charge in [0.25, 0.3) is 5.91 Å². The van der Waals surface area contributed by atoms with E-state index in [1.165, 1.54) is 0 Å². The highest BCUT2D eigenvalue weighted by Gasteiger charge is 2.34. The SMILES string of the molecule is Cc1noc(C2CC2)c1C(=O)NC(C)c1ccc(-c2cccnc2)cc1. The number of nitrogens with one attached hydrogen (secondary N) is 1. The quantitative estimate of drug-likeness (QED) is 0.742. The van der Waals surface area contributed by atoms with Crippen LogP contribution in [-0.4, -0.2) is 16.0 Å². The molecule has 1 aromatic carbocycles. The number of carbonyl (C=O) groups excluding carboxylic acids is 1. The van der Waals surface area contributed by atoms with Gasteiger partial charge in [-0.2, -0.15) is 0 Å². The first-order valence-corrected chi connectivity index (χ1v) is 8.91. The Kier molecular flexibility index (Phi) is 4.29. The molecule has 1 aliphatic rings. The van der Waals surface area contributed by atoms with Crippen LogP contribution in [-0.2, 0) is 0 Å². The molecule has 1 aliphatic carbocycles. The number of amides is 1. The summed E-state index contributed by atoms with van der Waals surface area (Å²) in [4.78, 5) is 16.9. The molecule has 1 saturated carbocycles.